The number of hydrogen-bond acceptors (Lipinski definition) is 3. The molecule has 0 aliphatic heterocycles. The van der Waals surface area contributed by atoms with Crippen LogP contribution in [-0.2, 0) is 16.1 Å². The Morgan fingerprint density at radius 2 is 1.83 bits per heavy atom. The van der Waals surface area contributed by atoms with Gasteiger partial charge in [-0.05, 0) is 39.3 Å². The molecule has 0 saturated heterocycles. The Labute approximate surface area is 143 Å². The minimum absolute atomic E-state index is 0. The molecule has 1 atom stereocenters. The Bertz CT molecular complexity index is 543. The smallest absolute Gasteiger partial charge is 0.320 e. The molecule has 1 aromatic rings. The number of hydrogen-bond donors (Lipinski definition) is 1. The number of aryl methyl sites for hydroxylation is 1. The highest BCUT2D eigenvalue weighted by molar-refractivity contribution is 5.85. The molecule has 0 aromatic heterocycles. The topological polar surface area (TPSA) is 60.9 Å². The lowest BCUT2D eigenvalue weighted by molar-refractivity contribution is -0.143. The largest absolute Gasteiger partial charge is 0.480 e. The Morgan fingerprint density at radius 1 is 1.26 bits per heavy atom. The predicted molar refractivity (Wildman–Crippen MR) is 91.7 cm³/mol. The van der Waals surface area contributed by atoms with Crippen molar-refractivity contribution in [3.05, 3.63) is 35.4 Å². The molecule has 0 radical (unpaired) electrons. The SMILES string of the molecule is Cc1ccc(CN(C(=O)CN(C)C(C)C(=O)O)C2CC2)cc1.Cl. The van der Waals surface area contributed by atoms with Crippen LogP contribution in [0.4, 0.5) is 0 Å². The van der Waals surface area contributed by atoms with Crippen LogP contribution >= 0.6 is 12.4 Å². The second-order valence-corrected chi connectivity index (χ2v) is 6.17. The van der Waals surface area contributed by atoms with E-state index >= 15 is 0 Å². The molecule has 0 heterocycles. The van der Waals surface area contributed by atoms with E-state index in [2.05, 4.69) is 0 Å². The van der Waals surface area contributed by atoms with Gasteiger partial charge in [-0.25, -0.2) is 0 Å². The number of likely N-dealkylation sites (N-methyl/N-ethyl adjacent to an activating group) is 1. The summed E-state index contributed by atoms with van der Waals surface area (Å²) in [5.74, 6) is -0.912. The van der Waals surface area contributed by atoms with Gasteiger partial charge in [-0.15, -0.1) is 12.4 Å². The van der Waals surface area contributed by atoms with Crippen molar-refractivity contribution < 1.29 is 14.7 Å². The molecule has 1 aromatic carbocycles. The number of carboxylic acids is 1. The first-order valence-corrected chi connectivity index (χ1v) is 7.66. The van der Waals surface area contributed by atoms with E-state index in [1.54, 1.807) is 18.9 Å². The van der Waals surface area contributed by atoms with Gasteiger partial charge in [-0.2, -0.15) is 0 Å². The highest BCUT2D eigenvalue weighted by Gasteiger charge is 2.33. The molecule has 5 nitrogen and oxygen atoms in total. The summed E-state index contributed by atoms with van der Waals surface area (Å²) in [6.07, 6.45) is 2.07. The van der Waals surface area contributed by atoms with E-state index in [4.69, 9.17) is 5.11 Å². The van der Waals surface area contributed by atoms with E-state index in [0.717, 1.165) is 18.4 Å². The average molecular weight is 341 g/mol. The van der Waals surface area contributed by atoms with Crippen molar-refractivity contribution in [1.82, 2.24) is 9.80 Å². The van der Waals surface area contributed by atoms with Crippen LogP contribution in [-0.4, -0.2) is 52.5 Å². The fourth-order valence-corrected chi connectivity index (χ4v) is 2.33. The molecule has 23 heavy (non-hydrogen) atoms. The first-order chi connectivity index (χ1) is 10.4. The fraction of sp³-hybridized carbons (Fsp3) is 0.529. The van der Waals surface area contributed by atoms with Gasteiger partial charge in [0.05, 0.1) is 6.54 Å². The van der Waals surface area contributed by atoms with Gasteiger partial charge in [0, 0.05) is 12.6 Å². The molecule has 6 heteroatoms. The van der Waals surface area contributed by atoms with Crippen molar-refractivity contribution in [3.63, 3.8) is 0 Å². The molecule has 0 bridgehead atoms. The quantitative estimate of drug-likeness (QED) is 0.827. The number of aliphatic carboxylic acids is 1. The number of carbonyl (C=O) groups excluding carboxylic acids is 1. The van der Waals surface area contributed by atoms with Gasteiger partial charge in [-0.3, -0.25) is 14.5 Å². The number of benzene rings is 1. The number of carboxylic acid groups (broad SMARTS) is 1. The van der Waals surface area contributed by atoms with Crippen molar-refractivity contribution in [1.29, 1.82) is 0 Å². The zero-order valence-electron chi connectivity index (χ0n) is 13.9. The summed E-state index contributed by atoms with van der Waals surface area (Å²) < 4.78 is 0. The van der Waals surface area contributed by atoms with Gasteiger partial charge in [0.25, 0.3) is 0 Å². The Morgan fingerprint density at radius 3 is 2.30 bits per heavy atom. The van der Waals surface area contributed by atoms with E-state index in [1.165, 1.54) is 5.56 Å². The average Bonchev–Trinajstić information content (AvgIpc) is 3.30. The van der Waals surface area contributed by atoms with Crippen molar-refractivity contribution in [2.24, 2.45) is 0 Å². The number of carbonyl (C=O) groups is 2. The van der Waals surface area contributed by atoms with Gasteiger partial charge >= 0.3 is 5.97 Å². The van der Waals surface area contributed by atoms with Crippen LogP contribution in [0.5, 0.6) is 0 Å². The van der Waals surface area contributed by atoms with Crippen LogP contribution < -0.4 is 0 Å². The molecule has 1 unspecified atom stereocenters. The summed E-state index contributed by atoms with van der Waals surface area (Å²) in [7, 11) is 1.67. The van der Waals surface area contributed by atoms with Crippen LogP contribution in [0, 0.1) is 6.92 Å². The lowest BCUT2D eigenvalue weighted by Gasteiger charge is -2.27. The molecule has 1 aliphatic carbocycles. The highest BCUT2D eigenvalue weighted by Crippen LogP contribution is 2.28. The van der Waals surface area contributed by atoms with E-state index in [1.807, 2.05) is 36.1 Å². The highest BCUT2D eigenvalue weighted by atomic mass is 35.5. The second-order valence-electron chi connectivity index (χ2n) is 6.17. The van der Waals surface area contributed by atoms with E-state index in [9.17, 15) is 9.59 Å². The summed E-state index contributed by atoms with van der Waals surface area (Å²) in [4.78, 5) is 27.0. The van der Waals surface area contributed by atoms with Gasteiger partial charge in [0.2, 0.25) is 5.91 Å². The first kappa shape index (κ1) is 19.5. The van der Waals surface area contributed by atoms with E-state index < -0.39 is 12.0 Å². The molecule has 1 saturated carbocycles. The molecule has 1 amide bonds. The third-order valence-electron chi connectivity index (χ3n) is 4.18. The zero-order valence-corrected chi connectivity index (χ0v) is 14.7. The number of amides is 1. The van der Waals surface area contributed by atoms with Crippen molar-refractivity contribution >= 4 is 24.3 Å². The third-order valence-corrected chi connectivity index (χ3v) is 4.18. The first-order valence-electron chi connectivity index (χ1n) is 7.66. The van der Waals surface area contributed by atoms with Crippen molar-refractivity contribution in [3.8, 4) is 0 Å². The van der Waals surface area contributed by atoms with Gasteiger partial charge in [-0.1, -0.05) is 29.8 Å². The third kappa shape index (κ3) is 5.52. The molecular weight excluding hydrogens is 316 g/mol. The minimum atomic E-state index is -0.910. The molecule has 128 valence electrons. The zero-order chi connectivity index (χ0) is 16.3. The lowest BCUT2D eigenvalue weighted by Crippen LogP contribution is -2.44. The lowest BCUT2D eigenvalue weighted by atomic mass is 10.1. The van der Waals surface area contributed by atoms with Gasteiger partial charge in [0.1, 0.15) is 6.04 Å². The molecule has 1 N–H and O–H groups in total. The summed E-state index contributed by atoms with van der Waals surface area (Å²) in [6.45, 7) is 4.36. The maximum Gasteiger partial charge on any atom is 0.320 e. The molecular formula is C17H25ClN2O3. The summed E-state index contributed by atoms with van der Waals surface area (Å²) >= 11 is 0. The van der Waals surface area contributed by atoms with Crippen LogP contribution in [0.25, 0.3) is 0 Å². The Hall–Kier alpha value is -1.59. The van der Waals surface area contributed by atoms with Crippen molar-refractivity contribution in [2.75, 3.05) is 13.6 Å². The number of rotatable bonds is 7. The molecule has 1 aliphatic rings. The number of nitrogens with zero attached hydrogens (tertiary/aromatic N) is 2. The minimum Gasteiger partial charge on any atom is -0.480 e. The molecule has 2 rings (SSSR count). The van der Waals surface area contributed by atoms with Crippen LogP contribution in [0.2, 0.25) is 0 Å². The fourth-order valence-electron chi connectivity index (χ4n) is 2.33. The van der Waals surface area contributed by atoms with Gasteiger partial charge < -0.3 is 10.0 Å². The van der Waals surface area contributed by atoms with E-state index in [-0.39, 0.29) is 24.9 Å². The van der Waals surface area contributed by atoms with Crippen LogP contribution in [0.15, 0.2) is 24.3 Å². The summed E-state index contributed by atoms with van der Waals surface area (Å²) in [6, 6.07) is 7.82. The molecule has 1 fully saturated rings. The van der Waals surface area contributed by atoms with E-state index in [0.29, 0.717) is 12.6 Å². The normalized spacial score (nSPS) is 15.0. The summed E-state index contributed by atoms with van der Waals surface area (Å²) in [5, 5.41) is 9.02. The monoisotopic (exact) mass is 340 g/mol. The molecule has 0 spiro atoms. The predicted octanol–water partition coefficient (Wildman–Crippen LogP) is 2.31. The standard InChI is InChI=1S/C17H24N2O3.ClH/c1-12-4-6-14(7-5-12)10-19(15-8-9-15)16(20)11-18(3)13(2)17(21)22;/h4-7,13,15H,8-11H2,1-3H3,(H,21,22);1H. The maximum atomic E-state index is 12.5. The summed E-state index contributed by atoms with van der Waals surface area (Å²) in [5.41, 5.74) is 2.31. The van der Waals surface area contributed by atoms with Crippen molar-refractivity contribution in [2.45, 2.75) is 45.3 Å². The maximum absolute atomic E-state index is 12.5. The second kappa shape index (κ2) is 8.31. The number of halogens is 1. The van der Waals surface area contributed by atoms with Gasteiger partial charge in [0.15, 0.2) is 0 Å². The Kier molecular flexibility index (Phi) is 7.03. The van der Waals surface area contributed by atoms with Crippen LogP contribution in [0.1, 0.15) is 30.9 Å². The van der Waals surface area contributed by atoms with Crippen LogP contribution in [0.3, 0.4) is 0 Å². The Balaban J connectivity index is 0.00000264.